The zero-order valence-corrected chi connectivity index (χ0v) is 5.09. The molecule has 0 radical (unpaired) electrons. The molecule has 0 rings (SSSR count). The van der Waals surface area contributed by atoms with Crippen LogP contribution < -0.4 is 6.15 Å². The van der Waals surface area contributed by atoms with E-state index < -0.39 is 5.09 Å². The van der Waals surface area contributed by atoms with Crippen LogP contribution in [0.15, 0.2) is 0 Å². The molecule has 0 aliphatic rings. The Balaban J connectivity index is -0.0000000450. The molecule has 0 saturated carbocycles. The van der Waals surface area contributed by atoms with Crippen molar-refractivity contribution >= 4 is 0 Å². The van der Waals surface area contributed by atoms with Gasteiger partial charge in [0.25, 0.3) is 0 Å². The second-order valence-electron chi connectivity index (χ2n) is 0.224. The second-order valence-corrected chi connectivity index (χ2v) is 0.224. The monoisotopic (exact) mass is 178 g/mol. The van der Waals surface area contributed by atoms with E-state index in [0.29, 0.717) is 0 Å². The molecule has 0 spiro atoms. The topological polar surface area (TPSA) is 103 Å². The van der Waals surface area contributed by atoms with Gasteiger partial charge in [-0.15, -0.1) is 0 Å². The van der Waals surface area contributed by atoms with Crippen molar-refractivity contribution in [3.8, 4) is 0 Å². The second kappa shape index (κ2) is 8.85. The first-order chi connectivity index (χ1) is 1.73. The molecule has 6 heavy (non-hydrogen) atoms. The van der Waals surface area contributed by atoms with E-state index in [1.807, 2.05) is 0 Å². The molecule has 0 aromatic carbocycles. The van der Waals surface area contributed by atoms with Crippen LogP contribution in [0, 0.1) is 15.3 Å². The maximum atomic E-state index is 8.25. The maximum Gasteiger partial charge on any atom is 0.0689 e. The quantitative estimate of drug-likeness (QED) is 0.322. The van der Waals surface area contributed by atoms with E-state index >= 15 is 0 Å². The molecule has 0 unspecified atom stereocenters. The molecule has 0 atom stereocenters. The molecule has 5 nitrogen and oxygen atoms in total. The summed E-state index contributed by atoms with van der Waals surface area (Å²) in [6.45, 7) is 0. The van der Waals surface area contributed by atoms with Crippen LogP contribution in [0.25, 0.3) is 0 Å². The number of quaternary nitrogens is 1. The Kier molecular flexibility index (Phi) is 25.0. The SMILES string of the molecule is O=[N+]([O-])[O-].[Mo].[NH4+]. The smallest absolute Gasteiger partial charge is 0.0689 e. The summed E-state index contributed by atoms with van der Waals surface area (Å²) in [5, 5.41) is 14.8. The van der Waals surface area contributed by atoms with E-state index in [4.69, 9.17) is 15.3 Å². The Morgan fingerprint density at radius 2 is 1.33 bits per heavy atom. The van der Waals surface area contributed by atoms with E-state index in [1.165, 1.54) is 0 Å². The van der Waals surface area contributed by atoms with Gasteiger partial charge in [0, 0.05) is 21.1 Å². The zero-order chi connectivity index (χ0) is 3.58. The van der Waals surface area contributed by atoms with Gasteiger partial charge in [-0.2, -0.15) is 0 Å². The average Bonchev–Trinajstić information content (AvgIpc) is 0.811. The third kappa shape index (κ3) is 1360. The van der Waals surface area contributed by atoms with Gasteiger partial charge in [-0.05, 0) is 0 Å². The van der Waals surface area contributed by atoms with E-state index in [2.05, 4.69) is 0 Å². The molecule has 0 amide bonds. The first kappa shape index (κ1) is 16.9. The molecular weight excluding hydrogens is 172 g/mol. The van der Waals surface area contributed by atoms with Crippen molar-refractivity contribution < 1.29 is 26.2 Å². The van der Waals surface area contributed by atoms with Crippen LogP contribution in [0.2, 0.25) is 0 Å². The molecule has 0 saturated heterocycles. The molecule has 0 aromatic heterocycles. The minimum absolute atomic E-state index is 0. The molecule has 0 aliphatic carbocycles. The van der Waals surface area contributed by atoms with Crippen LogP contribution in [0.3, 0.4) is 0 Å². The summed E-state index contributed by atoms with van der Waals surface area (Å²) in [7, 11) is 0. The van der Waals surface area contributed by atoms with Crippen LogP contribution in [0.4, 0.5) is 0 Å². The standard InChI is InChI=1S/Mo.NO3.H3N/c;2-1(3)4;/h;;1H3/q;-1;/p+1. The van der Waals surface area contributed by atoms with Crippen molar-refractivity contribution in [3.63, 3.8) is 0 Å². The summed E-state index contributed by atoms with van der Waals surface area (Å²) in [5.74, 6) is 0. The Morgan fingerprint density at radius 3 is 1.33 bits per heavy atom. The minimum atomic E-state index is -1.75. The largest absolute Gasteiger partial charge is 0.369 e. The summed E-state index contributed by atoms with van der Waals surface area (Å²) in [4.78, 5) is 8.25. The Labute approximate surface area is 48.3 Å². The van der Waals surface area contributed by atoms with Gasteiger partial charge in [-0.1, -0.05) is 0 Å². The fourth-order valence-corrected chi connectivity index (χ4v) is 0. The summed E-state index contributed by atoms with van der Waals surface area (Å²) in [6.07, 6.45) is 0. The zero-order valence-electron chi connectivity index (χ0n) is 3.08. The fourth-order valence-electron chi connectivity index (χ4n) is 0. The molecular formula is H4MoN2O3. The molecule has 4 N–H and O–H groups in total. The van der Waals surface area contributed by atoms with Gasteiger partial charge in [-0.3, -0.25) is 0 Å². The van der Waals surface area contributed by atoms with Crippen molar-refractivity contribution in [3.05, 3.63) is 15.3 Å². The van der Waals surface area contributed by atoms with Gasteiger partial charge >= 0.3 is 0 Å². The van der Waals surface area contributed by atoms with Crippen molar-refractivity contribution in [1.29, 1.82) is 0 Å². The van der Waals surface area contributed by atoms with E-state index in [-0.39, 0.29) is 27.2 Å². The summed E-state index contributed by atoms with van der Waals surface area (Å²) in [6, 6.07) is 0. The van der Waals surface area contributed by atoms with Crippen molar-refractivity contribution in [2.75, 3.05) is 0 Å². The first-order valence-corrected chi connectivity index (χ1v) is 0.548. The van der Waals surface area contributed by atoms with Gasteiger partial charge in [0.1, 0.15) is 0 Å². The fraction of sp³-hybridized carbons (Fsp3) is 0. The van der Waals surface area contributed by atoms with Crippen LogP contribution in [-0.2, 0) is 21.1 Å². The molecule has 0 aromatic rings. The van der Waals surface area contributed by atoms with Gasteiger partial charge < -0.3 is 21.5 Å². The summed E-state index contributed by atoms with van der Waals surface area (Å²) in [5.41, 5.74) is 0. The van der Waals surface area contributed by atoms with Crippen LogP contribution in [0.1, 0.15) is 0 Å². The van der Waals surface area contributed by atoms with Crippen LogP contribution in [-0.4, -0.2) is 5.09 Å². The predicted molar refractivity (Wildman–Crippen MR) is 16.3 cm³/mol. The number of nitrogens with zero attached hydrogens (tertiary/aromatic N) is 1. The predicted octanol–water partition coefficient (Wildman–Crippen LogP) is 0.135. The molecule has 0 fully saturated rings. The third-order valence-electron chi connectivity index (χ3n) is 0. The van der Waals surface area contributed by atoms with Crippen molar-refractivity contribution in [2.24, 2.45) is 0 Å². The average molecular weight is 176 g/mol. The number of rotatable bonds is 0. The Bertz CT molecular complexity index is 31.8. The first-order valence-electron chi connectivity index (χ1n) is 0.548. The maximum absolute atomic E-state index is 8.25. The molecule has 38 valence electrons. The molecule has 0 heterocycles. The summed E-state index contributed by atoms with van der Waals surface area (Å²) >= 11 is 0. The molecule has 0 aliphatic heterocycles. The number of hydrogen-bond acceptors (Lipinski definition) is 3. The van der Waals surface area contributed by atoms with Gasteiger partial charge in [0.15, 0.2) is 0 Å². The summed E-state index contributed by atoms with van der Waals surface area (Å²) < 4.78 is 0. The van der Waals surface area contributed by atoms with Crippen molar-refractivity contribution in [2.45, 2.75) is 0 Å². The Hall–Kier alpha value is -0.152. The third-order valence-corrected chi connectivity index (χ3v) is 0. The van der Waals surface area contributed by atoms with E-state index in [1.54, 1.807) is 0 Å². The van der Waals surface area contributed by atoms with Gasteiger partial charge in [0.2, 0.25) is 0 Å². The van der Waals surface area contributed by atoms with E-state index in [9.17, 15) is 0 Å². The Morgan fingerprint density at radius 1 is 1.33 bits per heavy atom. The van der Waals surface area contributed by atoms with Crippen LogP contribution >= 0.6 is 0 Å². The molecule has 6 heteroatoms. The van der Waals surface area contributed by atoms with Crippen molar-refractivity contribution in [1.82, 2.24) is 6.15 Å². The normalized spacial score (nSPS) is 4.00. The van der Waals surface area contributed by atoms with Crippen LogP contribution in [0.5, 0.6) is 0 Å². The van der Waals surface area contributed by atoms with Gasteiger partial charge in [0.05, 0.1) is 5.09 Å². The van der Waals surface area contributed by atoms with Gasteiger partial charge in [-0.25, -0.2) is 0 Å². The minimum Gasteiger partial charge on any atom is -0.369 e. The number of hydrogen-bond donors (Lipinski definition) is 1. The molecule has 0 bridgehead atoms. The van der Waals surface area contributed by atoms with E-state index in [0.717, 1.165) is 0 Å².